The van der Waals surface area contributed by atoms with Crippen molar-refractivity contribution in [3.63, 3.8) is 0 Å². The third kappa shape index (κ3) is 2.94. The van der Waals surface area contributed by atoms with Gasteiger partial charge in [0.05, 0.1) is 11.4 Å². The van der Waals surface area contributed by atoms with Crippen LogP contribution in [0.4, 0.5) is 5.69 Å². The summed E-state index contributed by atoms with van der Waals surface area (Å²) in [5.74, 6) is -0.376. The number of nitriles is 1. The van der Waals surface area contributed by atoms with Gasteiger partial charge in [0.15, 0.2) is 5.84 Å². The normalized spacial score (nSPS) is 11.2. The van der Waals surface area contributed by atoms with E-state index in [1.54, 1.807) is 6.07 Å². The lowest BCUT2D eigenvalue weighted by Gasteiger charge is -2.07. The number of nitrogens with two attached hydrogens (primary N) is 1. The number of nitrogens with zero attached hydrogens (tertiary/aromatic N) is 4. The number of benzene rings is 1. The maximum absolute atomic E-state index is 8.90. The Bertz CT molecular complexity index is 959. The van der Waals surface area contributed by atoms with Gasteiger partial charge < -0.3 is 10.1 Å². The molecule has 1 aromatic carbocycles. The summed E-state index contributed by atoms with van der Waals surface area (Å²) in [7, 11) is 0. The van der Waals surface area contributed by atoms with E-state index in [0.29, 0.717) is 0 Å². The number of hydrogen-bond donors (Lipinski definition) is 3. The van der Waals surface area contributed by atoms with E-state index < -0.39 is 0 Å². The first-order chi connectivity index (χ1) is 11.6. The van der Waals surface area contributed by atoms with E-state index in [1.807, 2.05) is 60.1 Å². The quantitative estimate of drug-likeness (QED) is 0.389. The molecule has 0 atom stereocenters. The summed E-state index contributed by atoms with van der Waals surface area (Å²) in [4.78, 5) is 4.59. The lowest BCUT2D eigenvalue weighted by Crippen LogP contribution is -2.21. The van der Waals surface area contributed by atoms with Crippen LogP contribution >= 0.6 is 0 Å². The number of pyridine rings is 1. The molecule has 0 amide bonds. The Morgan fingerprint density at radius 3 is 2.92 bits per heavy atom. The van der Waals surface area contributed by atoms with Crippen molar-refractivity contribution in [1.82, 2.24) is 9.38 Å². The minimum absolute atomic E-state index is 0.160. The van der Waals surface area contributed by atoms with Gasteiger partial charge in [-0.3, -0.25) is 10.8 Å². The number of aromatic nitrogens is 2. The molecule has 4 N–H and O–H groups in total. The van der Waals surface area contributed by atoms with E-state index >= 15 is 0 Å². The molecular formula is C17H15N7. The number of hydrogen-bond acceptors (Lipinski definition) is 5. The molecule has 3 rings (SSSR count). The molecule has 2 heterocycles. The summed E-state index contributed by atoms with van der Waals surface area (Å²) in [6.07, 6.45) is 3.89. The largest absolute Gasteiger partial charge is 0.382 e. The Morgan fingerprint density at radius 1 is 1.38 bits per heavy atom. The first-order valence-electron chi connectivity index (χ1n) is 7.21. The predicted octanol–water partition coefficient (Wildman–Crippen LogP) is 2.54. The average Bonchev–Trinajstić information content (AvgIpc) is 3.00. The number of rotatable bonds is 4. The molecule has 0 aliphatic rings. The summed E-state index contributed by atoms with van der Waals surface area (Å²) in [6, 6.07) is 13.4. The highest BCUT2D eigenvalue weighted by atomic mass is 15.3. The second kappa shape index (κ2) is 6.22. The van der Waals surface area contributed by atoms with Gasteiger partial charge in [0, 0.05) is 18.0 Å². The van der Waals surface area contributed by atoms with E-state index in [-0.39, 0.29) is 11.5 Å². The van der Waals surface area contributed by atoms with Gasteiger partial charge in [-0.05, 0) is 30.7 Å². The molecule has 118 valence electrons. The van der Waals surface area contributed by atoms with Crippen LogP contribution in [-0.2, 0) is 0 Å². The van der Waals surface area contributed by atoms with Crippen LogP contribution in [0.3, 0.4) is 0 Å². The third-order valence-corrected chi connectivity index (χ3v) is 3.55. The molecule has 0 saturated carbocycles. The molecule has 0 saturated heterocycles. The maximum Gasteiger partial charge on any atom is 0.201 e. The van der Waals surface area contributed by atoms with Crippen molar-refractivity contribution in [3.05, 3.63) is 54.4 Å². The van der Waals surface area contributed by atoms with E-state index in [4.69, 9.17) is 16.4 Å². The second-order valence-electron chi connectivity index (χ2n) is 5.22. The lowest BCUT2D eigenvalue weighted by molar-refractivity contribution is 1.19. The number of imidazole rings is 1. The summed E-state index contributed by atoms with van der Waals surface area (Å²) in [5, 5.41) is 20.1. The first-order valence-corrected chi connectivity index (χ1v) is 7.21. The van der Waals surface area contributed by atoms with Crippen molar-refractivity contribution in [2.75, 3.05) is 5.43 Å². The van der Waals surface area contributed by atoms with Gasteiger partial charge in [-0.1, -0.05) is 18.2 Å². The van der Waals surface area contributed by atoms with Crippen LogP contribution in [-0.4, -0.2) is 20.9 Å². The molecule has 0 fully saturated rings. The minimum Gasteiger partial charge on any atom is -0.382 e. The Hall–Kier alpha value is -3.66. The smallest absolute Gasteiger partial charge is 0.201 e. The number of hydrazone groups is 1. The van der Waals surface area contributed by atoms with Crippen molar-refractivity contribution in [2.45, 2.75) is 6.92 Å². The fourth-order valence-corrected chi connectivity index (χ4v) is 2.24. The van der Waals surface area contributed by atoms with Crippen molar-refractivity contribution >= 4 is 22.9 Å². The average molecular weight is 317 g/mol. The fourth-order valence-electron chi connectivity index (χ4n) is 2.24. The molecule has 7 nitrogen and oxygen atoms in total. The van der Waals surface area contributed by atoms with Gasteiger partial charge in [0.25, 0.3) is 0 Å². The topological polar surface area (TPSA) is 115 Å². The first kappa shape index (κ1) is 15.2. The number of amidine groups is 1. The zero-order valence-corrected chi connectivity index (χ0v) is 13.0. The molecule has 3 aromatic rings. The maximum atomic E-state index is 8.90. The summed E-state index contributed by atoms with van der Waals surface area (Å²) < 4.78 is 1.95. The highest BCUT2D eigenvalue weighted by molar-refractivity contribution is 6.45. The van der Waals surface area contributed by atoms with Crippen LogP contribution < -0.4 is 11.2 Å². The highest BCUT2D eigenvalue weighted by Gasteiger charge is 2.07. The Balaban J connectivity index is 1.97. The third-order valence-electron chi connectivity index (χ3n) is 3.55. The van der Waals surface area contributed by atoms with Gasteiger partial charge in [-0.25, -0.2) is 4.98 Å². The minimum atomic E-state index is -0.376. The Morgan fingerprint density at radius 2 is 2.21 bits per heavy atom. The number of aryl methyl sites for hydroxylation is 1. The molecule has 7 heteroatoms. The number of fused-ring (bicyclic) bond motifs is 1. The lowest BCUT2D eigenvalue weighted by atomic mass is 10.1. The van der Waals surface area contributed by atoms with Crippen LogP contribution in [0.2, 0.25) is 0 Å². The van der Waals surface area contributed by atoms with Gasteiger partial charge in [-0.2, -0.15) is 10.4 Å². The predicted molar refractivity (Wildman–Crippen MR) is 93.9 cm³/mol. The van der Waals surface area contributed by atoms with E-state index in [2.05, 4.69) is 15.5 Å². The highest BCUT2D eigenvalue weighted by Crippen LogP contribution is 2.25. The second-order valence-corrected chi connectivity index (χ2v) is 5.22. The Labute approximate surface area is 138 Å². The standard InChI is InChI=1S/C17H15N7/c1-11-5-6-12(8-13(11)22-23-14(9-18)17(19)20)15-10-24-7-3-2-4-16(24)21-15/h2-8,10,22H,1H3,(H3,19,20)/b23-14+. The van der Waals surface area contributed by atoms with E-state index in [1.165, 1.54) is 0 Å². The van der Waals surface area contributed by atoms with Gasteiger partial charge >= 0.3 is 0 Å². The molecule has 0 spiro atoms. The van der Waals surface area contributed by atoms with E-state index in [9.17, 15) is 0 Å². The van der Waals surface area contributed by atoms with Crippen LogP contribution in [0.25, 0.3) is 16.9 Å². The van der Waals surface area contributed by atoms with E-state index in [0.717, 1.165) is 28.2 Å². The summed E-state index contributed by atoms with van der Waals surface area (Å²) in [6.45, 7) is 1.92. The van der Waals surface area contributed by atoms with Crippen molar-refractivity contribution < 1.29 is 0 Å². The summed E-state index contributed by atoms with van der Waals surface area (Å²) in [5.41, 5.74) is 12.2. The van der Waals surface area contributed by atoms with Crippen molar-refractivity contribution in [3.8, 4) is 17.3 Å². The van der Waals surface area contributed by atoms with Gasteiger partial charge in [-0.15, -0.1) is 0 Å². The molecule has 2 aromatic heterocycles. The SMILES string of the molecule is Cc1ccc(-c2cn3ccccc3n2)cc1N/N=C(\C#N)C(=N)N. The molecule has 0 aliphatic carbocycles. The zero-order chi connectivity index (χ0) is 17.1. The van der Waals surface area contributed by atoms with Crippen LogP contribution in [0, 0.1) is 23.7 Å². The fraction of sp³-hybridized carbons (Fsp3) is 0.0588. The Kier molecular flexibility index (Phi) is 3.95. The monoisotopic (exact) mass is 317 g/mol. The zero-order valence-electron chi connectivity index (χ0n) is 13.0. The van der Waals surface area contributed by atoms with Crippen molar-refractivity contribution in [2.24, 2.45) is 10.8 Å². The molecule has 0 radical (unpaired) electrons. The van der Waals surface area contributed by atoms with Gasteiger partial charge in [0.2, 0.25) is 5.71 Å². The molecular weight excluding hydrogens is 302 g/mol. The summed E-state index contributed by atoms with van der Waals surface area (Å²) >= 11 is 0. The van der Waals surface area contributed by atoms with Crippen LogP contribution in [0.5, 0.6) is 0 Å². The van der Waals surface area contributed by atoms with Crippen LogP contribution in [0.15, 0.2) is 53.9 Å². The van der Waals surface area contributed by atoms with Gasteiger partial charge in [0.1, 0.15) is 11.7 Å². The number of nitrogens with one attached hydrogen (secondary N) is 2. The molecule has 24 heavy (non-hydrogen) atoms. The number of anilines is 1. The van der Waals surface area contributed by atoms with Crippen LogP contribution in [0.1, 0.15) is 5.56 Å². The molecule has 0 aliphatic heterocycles. The molecule has 0 unspecified atom stereocenters. The van der Waals surface area contributed by atoms with Crippen molar-refractivity contribution in [1.29, 1.82) is 10.7 Å². The molecule has 0 bridgehead atoms.